The molecule has 0 bridgehead atoms. The molecule has 0 heterocycles. The van der Waals surface area contributed by atoms with Gasteiger partial charge in [-0.05, 0) is 48.5 Å². The van der Waals surface area contributed by atoms with E-state index in [0.29, 0.717) is 11.4 Å². The molecule has 0 spiro atoms. The Kier molecular flexibility index (Phi) is 7.03. The van der Waals surface area contributed by atoms with Gasteiger partial charge >= 0.3 is 0 Å². The predicted octanol–water partition coefficient (Wildman–Crippen LogP) is 3.22. The van der Waals surface area contributed by atoms with E-state index in [-0.39, 0.29) is 30.4 Å². The highest BCUT2D eigenvalue weighted by Gasteiger charge is 2.26. The van der Waals surface area contributed by atoms with E-state index >= 15 is 0 Å². The summed E-state index contributed by atoms with van der Waals surface area (Å²) in [7, 11) is -3.92. The smallest absolute Gasteiger partial charge is 0.264 e. The number of ether oxygens (including phenoxy) is 1. The Morgan fingerprint density at radius 3 is 2.13 bits per heavy atom. The van der Waals surface area contributed by atoms with Crippen molar-refractivity contribution in [1.29, 1.82) is 0 Å². The second-order valence-corrected chi connectivity index (χ2v) is 8.17. The number of carbonyl (C=O) groups is 1. The third-order valence-electron chi connectivity index (χ3n) is 4.17. The molecule has 0 saturated carbocycles. The minimum atomic E-state index is -3.92. The molecular formula is C22H21FN2O4S. The molecule has 8 heteroatoms. The third kappa shape index (κ3) is 5.57. The highest BCUT2D eigenvalue weighted by Crippen LogP contribution is 2.23. The van der Waals surface area contributed by atoms with Crippen molar-refractivity contribution >= 4 is 21.6 Å². The second-order valence-electron chi connectivity index (χ2n) is 6.31. The van der Waals surface area contributed by atoms with Gasteiger partial charge in [0.1, 0.15) is 24.7 Å². The second kappa shape index (κ2) is 9.89. The molecule has 1 N–H and O–H groups in total. The molecule has 30 heavy (non-hydrogen) atoms. The lowest BCUT2D eigenvalue weighted by Gasteiger charge is -2.24. The topological polar surface area (TPSA) is 75.7 Å². The molecule has 6 nitrogen and oxygen atoms in total. The first-order valence-electron chi connectivity index (χ1n) is 9.25. The summed E-state index contributed by atoms with van der Waals surface area (Å²) in [5.41, 5.74) is 0.388. The van der Waals surface area contributed by atoms with Gasteiger partial charge in [0, 0.05) is 0 Å². The molecule has 0 aliphatic heterocycles. The number of hydrogen-bond donors (Lipinski definition) is 1. The van der Waals surface area contributed by atoms with Crippen LogP contribution in [0.4, 0.5) is 10.1 Å². The molecule has 0 aliphatic carbocycles. The largest absolute Gasteiger partial charge is 0.492 e. The van der Waals surface area contributed by atoms with E-state index in [0.717, 1.165) is 4.31 Å². The number of amides is 1. The molecule has 1 amide bonds. The number of sulfonamides is 1. The molecule has 0 radical (unpaired) electrons. The maximum atomic E-state index is 13.1. The van der Waals surface area contributed by atoms with Crippen LogP contribution in [-0.2, 0) is 14.8 Å². The highest BCUT2D eigenvalue weighted by molar-refractivity contribution is 7.92. The summed E-state index contributed by atoms with van der Waals surface area (Å²) < 4.78 is 45.6. The number of anilines is 1. The molecule has 0 aromatic heterocycles. The van der Waals surface area contributed by atoms with Gasteiger partial charge in [-0.3, -0.25) is 9.10 Å². The third-order valence-corrected chi connectivity index (χ3v) is 5.96. The van der Waals surface area contributed by atoms with Crippen molar-refractivity contribution in [3.8, 4) is 5.75 Å². The molecule has 0 saturated heterocycles. The van der Waals surface area contributed by atoms with E-state index in [1.165, 1.54) is 36.4 Å². The number of benzene rings is 3. The lowest BCUT2D eigenvalue weighted by Crippen LogP contribution is -2.41. The van der Waals surface area contributed by atoms with Crippen LogP contribution in [0.3, 0.4) is 0 Å². The zero-order chi connectivity index (χ0) is 21.4. The molecule has 3 aromatic carbocycles. The Bertz CT molecular complexity index is 1060. The molecule has 156 valence electrons. The van der Waals surface area contributed by atoms with Crippen molar-refractivity contribution in [2.45, 2.75) is 4.90 Å². The van der Waals surface area contributed by atoms with Crippen LogP contribution < -0.4 is 14.4 Å². The van der Waals surface area contributed by atoms with Gasteiger partial charge in [-0.1, -0.05) is 36.4 Å². The summed E-state index contributed by atoms with van der Waals surface area (Å²) in [5, 5.41) is 2.64. The SMILES string of the molecule is O=C(CN(c1ccccc1)S(=O)(=O)c1ccccc1)NCCOc1ccc(F)cc1. The van der Waals surface area contributed by atoms with Crippen LogP contribution in [0.25, 0.3) is 0 Å². The summed E-state index contributed by atoms with van der Waals surface area (Å²) >= 11 is 0. The highest BCUT2D eigenvalue weighted by atomic mass is 32.2. The van der Waals surface area contributed by atoms with Crippen molar-refractivity contribution in [1.82, 2.24) is 5.32 Å². The first kappa shape index (κ1) is 21.3. The van der Waals surface area contributed by atoms with Crippen molar-refractivity contribution in [2.24, 2.45) is 0 Å². The van der Waals surface area contributed by atoms with E-state index in [1.807, 2.05) is 0 Å². The lowest BCUT2D eigenvalue weighted by molar-refractivity contribution is -0.119. The maximum Gasteiger partial charge on any atom is 0.264 e. The molecule has 0 fully saturated rings. The van der Waals surface area contributed by atoms with Gasteiger partial charge in [0.15, 0.2) is 0 Å². The number of para-hydroxylation sites is 1. The van der Waals surface area contributed by atoms with Crippen molar-refractivity contribution in [2.75, 3.05) is 24.0 Å². The van der Waals surface area contributed by atoms with Gasteiger partial charge in [-0.2, -0.15) is 0 Å². The monoisotopic (exact) mass is 428 g/mol. The summed E-state index contributed by atoms with van der Waals surface area (Å²) in [5.74, 6) is -0.361. The van der Waals surface area contributed by atoms with Crippen molar-refractivity contribution < 1.29 is 22.3 Å². The lowest BCUT2D eigenvalue weighted by atomic mass is 10.3. The van der Waals surface area contributed by atoms with Crippen LogP contribution in [-0.4, -0.2) is 34.0 Å². The maximum absolute atomic E-state index is 13.1. The summed E-state index contributed by atoms with van der Waals surface area (Å²) in [6.07, 6.45) is 0. The normalized spacial score (nSPS) is 11.0. The van der Waals surface area contributed by atoms with E-state index in [4.69, 9.17) is 4.74 Å². The van der Waals surface area contributed by atoms with Crippen LogP contribution in [0, 0.1) is 5.82 Å². The van der Waals surface area contributed by atoms with Crippen LogP contribution in [0.2, 0.25) is 0 Å². The van der Waals surface area contributed by atoms with Crippen LogP contribution in [0.15, 0.2) is 89.8 Å². The zero-order valence-electron chi connectivity index (χ0n) is 16.1. The average Bonchev–Trinajstić information content (AvgIpc) is 2.77. The Morgan fingerprint density at radius 2 is 1.50 bits per heavy atom. The van der Waals surface area contributed by atoms with Gasteiger partial charge < -0.3 is 10.1 Å². The number of nitrogens with one attached hydrogen (secondary N) is 1. The quantitative estimate of drug-likeness (QED) is 0.531. The van der Waals surface area contributed by atoms with Gasteiger partial charge in [-0.15, -0.1) is 0 Å². The molecule has 3 aromatic rings. The van der Waals surface area contributed by atoms with Gasteiger partial charge in [-0.25, -0.2) is 12.8 Å². The summed E-state index contributed by atoms with van der Waals surface area (Å²) in [4.78, 5) is 12.5. The molecule has 0 atom stereocenters. The molecule has 0 aliphatic rings. The van der Waals surface area contributed by atoms with E-state index in [9.17, 15) is 17.6 Å². The minimum absolute atomic E-state index is 0.0984. The van der Waals surface area contributed by atoms with Crippen molar-refractivity contribution in [3.63, 3.8) is 0 Å². The number of halogens is 1. The standard InChI is InChI=1S/C22H21FN2O4S/c23-18-11-13-20(14-12-18)29-16-15-24-22(26)17-25(19-7-3-1-4-8-19)30(27,28)21-9-5-2-6-10-21/h1-14H,15-17H2,(H,24,26). The summed E-state index contributed by atoms with van der Waals surface area (Å²) in [6, 6.07) is 21.9. The molecule has 3 rings (SSSR count). The fourth-order valence-corrected chi connectivity index (χ4v) is 4.15. The molecule has 0 unspecified atom stereocenters. The Hall–Kier alpha value is -3.39. The van der Waals surface area contributed by atoms with Crippen molar-refractivity contribution in [3.05, 3.63) is 90.7 Å². The van der Waals surface area contributed by atoms with Gasteiger partial charge in [0.2, 0.25) is 5.91 Å². The van der Waals surface area contributed by atoms with Gasteiger partial charge in [0.25, 0.3) is 10.0 Å². The number of rotatable bonds is 9. The van der Waals surface area contributed by atoms with E-state index in [1.54, 1.807) is 48.5 Å². The van der Waals surface area contributed by atoms with Gasteiger partial charge in [0.05, 0.1) is 17.1 Å². The number of nitrogens with zero attached hydrogens (tertiary/aromatic N) is 1. The van der Waals surface area contributed by atoms with E-state index in [2.05, 4.69) is 5.32 Å². The zero-order valence-corrected chi connectivity index (χ0v) is 16.9. The fraction of sp³-hybridized carbons (Fsp3) is 0.136. The fourth-order valence-electron chi connectivity index (χ4n) is 2.71. The Labute approximate surface area is 175 Å². The average molecular weight is 428 g/mol. The first-order valence-corrected chi connectivity index (χ1v) is 10.7. The van der Waals surface area contributed by atoms with E-state index < -0.39 is 15.9 Å². The predicted molar refractivity (Wildman–Crippen MR) is 112 cm³/mol. The molecular weight excluding hydrogens is 407 g/mol. The van der Waals surface area contributed by atoms with Crippen LogP contribution >= 0.6 is 0 Å². The van der Waals surface area contributed by atoms with Crippen LogP contribution in [0.1, 0.15) is 0 Å². The minimum Gasteiger partial charge on any atom is -0.492 e. The first-order chi connectivity index (χ1) is 14.5. The Morgan fingerprint density at radius 1 is 0.900 bits per heavy atom. The number of carbonyl (C=O) groups excluding carboxylic acids is 1. The number of hydrogen-bond acceptors (Lipinski definition) is 4. The Balaban J connectivity index is 1.64. The van der Waals surface area contributed by atoms with Crippen LogP contribution in [0.5, 0.6) is 5.75 Å². The summed E-state index contributed by atoms with van der Waals surface area (Å²) in [6.45, 7) is -0.0455.